The van der Waals surface area contributed by atoms with Gasteiger partial charge in [-0.3, -0.25) is 9.59 Å². The Morgan fingerprint density at radius 1 is 1.15 bits per heavy atom. The topological polar surface area (TPSA) is 49.4 Å². The summed E-state index contributed by atoms with van der Waals surface area (Å²) < 4.78 is 13.6. The van der Waals surface area contributed by atoms with Gasteiger partial charge in [0.15, 0.2) is 0 Å². The van der Waals surface area contributed by atoms with Crippen LogP contribution in [-0.4, -0.2) is 29.8 Å². The number of amides is 2. The number of rotatable bonds is 4. The molecule has 0 spiro atoms. The molecule has 1 unspecified atom stereocenters. The maximum Gasteiger partial charge on any atom is 0.226 e. The van der Waals surface area contributed by atoms with Crippen molar-refractivity contribution in [2.45, 2.75) is 45.6 Å². The van der Waals surface area contributed by atoms with Crippen molar-refractivity contribution in [2.75, 3.05) is 13.1 Å². The summed E-state index contributed by atoms with van der Waals surface area (Å²) in [7, 11) is 0. The van der Waals surface area contributed by atoms with Crippen LogP contribution < -0.4 is 5.32 Å². The molecule has 0 bridgehead atoms. The van der Waals surface area contributed by atoms with Gasteiger partial charge in [-0.1, -0.05) is 24.3 Å². The van der Waals surface area contributed by atoms with E-state index in [0.717, 1.165) is 24.8 Å². The zero-order valence-corrected chi connectivity index (χ0v) is 15.3. The quantitative estimate of drug-likeness (QED) is 0.839. The number of carbonyl (C=O) groups is 2. The number of hydrogen-bond acceptors (Lipinski definition) is 2. The zero-order chi connectivity index (χ0) is 18.5. The molecular weight excluding hydrogens is 331 g/mol. The Kier molecular flexibility index (Phi) is 6.07. The number of benzene rings is 1. The van der Waals surface area contributed by atoms with Crippen molar-refractivity contribution in [3.8, 4) is 0 Å². The van der Waals surface area contributed by atoms with Crippen molar-refractivity contribution in [3.05, 3.63) is 47.3 Å². The van der Waals surface area contributed by atoms with Crippen LogP contribution in [0.3, 0.4) is 0 Å². The number of allylic oxidation sites excluding steroid dienone is 2. The summed E-state index contributed by atoms with van der Waals surface area (Å²) in [4.78, 5) is 26.9. The highest BCUT2D eigenvalue weighted by molar-refractivity contribution is 5.81. The van der Waals surface area contributed by atoms with Crippen molar-refractivity contribution in [3.63, 3.8) is 0 Å². The standard InChI is InChI=1S/C21H27FN2O2/c1-15-7-8-16(13-19(15)22)14-23-20(25)17-9-11-24(12-10-17)21(26)18-5-3-2-4-6-18/h2-3,7-8,13,17-18H,4-6,9-12,14H2,1H3,(H,23,25). The lowest BCUT2D eigenvalue weighted by molar-refractivity contribution is -0.139. The summed E-state index contributed by atoms with van der Waals surface area (Å²) in [5.74, 6) is 0.0329. The molecule has 1 aliphatic heterocycles. The first-order valence-electron chi connectivity index (χ1n) is 9.51. The predicted molar refractivity (Wildman–Crippen MR) is 98.8 cm³/mol. The van der Waals surface area contributed by atoms with Crippen molar-refractivity contribution in [1.82, 2.24) is 10.2 Å². The van der Waals surface area contributed by atoms with E-state index in [9.17, 15) is 14.0 Å². The van der Waals surface area contributed by atoms with E-state index in [-0.39, 0.29) is 29.5 Å². The lowest BCUT2D eigenvalue weighted by atomic mass is 9.90. The van der Waals surface area contributed by atoms with Gasteiger partial charge in [0.1, 0.15) is 5.82 Å². The molecular formula is C21H27FN2O2. The minimum atomic E-state index is -0.249. The number of likely N-dealkylation sites (tertiary alicyclic amines) is 1. The van der Waals surface area contributed by atoms with Gasteiger partial charge >= 0.3 is 0 Å². The number of nitrogens with one attached hydrogen (secondary N) is 1. The molecule has 1 fully saturated rings. The molecule has 2 aliphatic rings. The Balaban J connectivity index is 1.45. The fraction of sp³-hybridized carbons (Fsp3) is 0.524. The first-order valence-corrected chi connectivity index (χ1v) is 9.51. The molecule has 26 heavy (non-hydrogen) atoms. The average Bonchev–Trinajstić information content (AvgIpc) is 2.69. The Hall–Kier alpha value is -2.17. The van der Waals surface area contributed by atoms with E-state index < -0.39 is 0 Å². The van der Waals surface area contributed by atoms with Crippen LogP contribution in [0, 0.1) is 24.6 Å². The molecule has 1 saturated heterocycles. The van der Waals surface area contributed by atoms with Crippen LogP contribution in [0.25, 0.3) is 0 Å². The monoisotopic (exact) mass is 358 g/mol. The number of hydrogen-bond donors (Lipinski definition) is 1. The minimum absolute atomic E-state index is 0.00122. The van der Waals surface area contributed by atoms with Crippen LogP contribution in [0.4, 0.5) is 4.39 Å². The third-order valence-electron chi connectivity index (χ3n) is 5.50. The number of piperidine rings is 1. The second kappa shape index (κ2) is 8.47. The maximum atomic E-state index is 13.6. The van der Waals surface area contributed by atoms with E-state index in [1.165, 1.54) is 6.07 Å². The van der Waals surface area contributed by atoms with Gasteiger partial charge in [-0.15, -0.1) is 0 Å². The second-order valence-corrected chi connectivity index (χ2v) is 7.38. The largest absolute Gasteiger partial charge is 0.352 e. The summed E-state index contributed by atoms with van der Waals surface area (Å²) in [6, 6.07) is 5.02. The third-order valence-corrected chi connectivity index (χ3v) is 5.50. The van der Waals surface area contributed by atoms with Gasteiger partial charge in [0.05, 0.1) is 0 Å². The molecule has 1 aromatic rings. The zero-order valence-electron chi connectivity index (χ0n) is 15.3. The molecule has 3 rings (SSSR count). The lowest BCUT2D eigenvalue weighted by Gasteiger charge is -2.34. The van der Waals surface area contributed by atoms with Crippen LogP contribution in [0.1, 0.15) is 43.2 Å². The van der Waals surface area contributed by atoms with Gasteiger partial charge in [0, 0.05) is 31.5 Å². The Bertz CT molecular complexity index is 693. The predicted octanol–water partition coefficient (Wildman–Crippen LogP) is 3.35. The normalized spacial score (nSPS) is 20.8. The molecule has 1 heterocycles. The molecule has 4 nitrogen and oxygen atoms in total. The summed E-state index contributed by atoms with van der Waals surface area (Å²) in [5.41, 5.74) is 1.37. The highest BCUT2D eigenvalue weighted by Crippen LogP contribution is 2.24. The molecule has 2 amide bonds. The molecule has 0 aromatic heterocycles. The fourth-order valence-corrected chi connectivity index (χ4v) is 3.72. The van der Waals surface area contributed by atoms with E-state index in [1.54, 1.807) is 13.0 Å². The summed E-state index contributed by atoms with van der Waals surface area (Å²) >= 11 is 0. The molecule has 0 radical (unpaired) electrons. The summed E-state index contributed by atoms with van der Waals surface area (Å²) in [6.07, 6.45) is 8.38. The van der Waals surface area contributed by atoms with Gasteiger partial charge in [0.2, 0.25) is 11.8 Å². The minimum Gasteiger partial charge on any atom is -0.352 e. The maximum absolute atomic E-state index is 13.6. The highest BCUT2D eigenvalue weighted by atomic mass is 19.1. The molecule has 1 N–H and O–H groups in total. The smallest absolute Gasteiger partial charge is 0.226 e. The number of aryl methyl sites for hydroxylation is 1. The van der Waals surface area contributed by atoms with Gasteiger partial charge in [-0.05, 0) is 56.2 Å². The average molecular weight is 358 g/mol. The summed E-state index contributed by atoms with van der Waals surface area (Å²) in [5, 5.41) is 2.90. The van der Waals surface area contributed by atoms with Crippen LogP contribution in [-0.2, 0) is 16.1 Å². The van der Waals surface area contributed by atoms with Crippen LogP contribution >= 0.6 is 0 Å². The number of carbonyl (C=O) groups excluding carboxylic acids is 2. The number of nitrogens with zero attached hydrogens (tertiary/aromatic N) is 1. The molecule has 1 aliphatic carbocycles. The van der Waals surface area contributed by atoms with Crippen molar-refractivity contribution in [2.24, 2.45) is 11.8 Å². The summed E-state index contributed by atoms with van der Waals surface area (Å²) in [6.45, 7) is 3.35. The van der Waals surface area contributed by atoms with Crippen LogP contribution in [0.15, 0.2) is 30.4 Å². The van der Waals surface area contributed by atoms with E-state index in [0.29, 0.717) is 38.0 Å². The first kappa shape index (κ1) is 18.6. The van der Waals surface area contributed by atoms with Crippen molar-refractivity contribution < 1.29 is 14.0 Å². The van der Waals surface area contributed by atoms with Crippen molar-refractivity contribution in [1.29, 1.82) is 0 Å². The van der Waals surface area contributed by atoms with Crippen LogP contribution in [0.2, 0.25) is 0 Å². The lowest BCUT2D eigenvalue weighted by Crippen LogP contribution is -2.45. The molecule has 140 valence electrons. The van der Waals surface area contributed by atoms with E-state index in [2.05, 4.69) is 17.5 Å². The van der Waals surface area contributed by atoms with Gasteiger partial charge in [0.25, 0.3) is 0 Å². The van der Waals surface area contributed by atoms with Gasteiger partial charge < -0.3 is 10.2 Å². The van der Waals surface area contributed by atoms with E-state index >= 15 is 0 Å². The first-order chi connectivity index (χ1) is 12.5. The molecule has 1 aromatic carbocycles. The molecule has 1 atom stereocenters. The van der Waals surface area contributed by atoms with Gasteiger partial charge in [-0.2, -0.15) is 0 Å². The Morgan fingerprint density at radius 3 is 2.58 bits per heavy atom. The van der Waals surface area contributed by atoms with E-state index in [1.807, 2.05) is 11.0 Å². The highest BCUT2D eigenvalue weighted by Gasteiger charge is 2.30. The molecule has 5 heteroatoms. The van der Waals surface area contributed by atoms with Crippen molar-refractivity contribution >= 4 is 11.8 Å². The van der Waals surface area contributed by atoms with Gasteiger partial charge in [-0.25, -0.2) is 4.39 Å². The molecule has 0 saturated carbocycles. The SMILES string of the molecule is Cc1ccc(CNC(=O)C2CCN(C(=O)C3CC=CCC3)CC2)cc1F. The second-order valence-electron chi connectivity index (χ2n) is 7.38. The Labute approximate surface area is 154 Å². The number of halogens is 1. The fourth-order valence-electron chi connectivity index (χ4n) is 3.72. The van der Waals surface area contributed by atoms with E-state index in [4.69, 9.17) is 0 Å². The van der Waals surface area contributed by atoms with Crippen LogP contribution in [0.5, 0.6) is 0 Å². The third kappa shape index (κ3) is 4.51. The Morgan fingerprint density at radius 2 is 1.92 bits per heavy atom.